The smallest absolute Gasteiger partial charge is 0.325 e. The number of nitrogens with one attached hydrogen (secondary N) is 1. The molecule has 0 aromatic rings. The van der Waals surface area contributed by atoms with Crippen molar-refractivity contribution >= 4 is 28.0 Å². The number of hydrogen-bond donors (Lipinski definition) is 6. The molecule has 0 aromatic heterocycles. The molecular weight excluding hydrogens is 246 g/mol. The second-order valence-corrected chi connectivity index (χ2v) is 3.99. The van der Waals surface area contributed by atoms with Crippen LogP contribution < -0.4 is 11.5 Å². The van der Waals surface area contributed by atoms with Gasteiger partial charge in [-0.15, -0.1) is 0 Å². The topological polar surface area (TPSA) is 205 Å². The van der Waals surface area contributed by atoms with Crippen molar-refractivity contribution in [3.63, 3.8) is 0 Å². The molecule has 8 N–H and O–H groups in total. The molecule has 0 bridgehead atoms. The normalized spacial score (nSPS) is 11.8. The molecule has 0 aliphatic heterocycles. The molecule has 0 heterocycles. The van der Waals surface area contributed by atoms with E-state index in [1.165, 1.54) is 0 Å². The molecule has 1 unspecified atom stereocenters. The van der Waals surface area contributed by atoms with Crippen molar-refractivity contribution in [2.45, 2.75) is 11.7 Å². The van der Waals surface area contributed by atoms with E-state index in [0.29, 0.717) is 0 Å². The van der Waals surface area contributed by atoms with Gasteiger partial charge in [-0.25, -0.2) is 0 Å². The van der Waals surface area contributed by atoms with Gasteiger partial charge < -0.3 is 21.7 Å². The third kappa shape index (κ3) is 10.2. The Kier molecular flexibility index (Phi) is 6.80. The number of carbonyl (C=O) groups is 2. The van der Waals surface area contributed by atoms with Crippen LogP contribution in [-0.2, 0) is 19.7 Å². The first-order chi connectivity index (χ1) is 6.98. The molecule has 0 amide bonds. The summed E-state index contributed by atoms with van der Waals surface area (Å²) in [6, 6.07) is 0. The fourth-order valence-corrected chi connectivity index (χ4v) is 1.09. The first kappa shape index (κ1) is 16.5. The van der Waals surface area contributed by atoms with E-state index in [0.717, 1.165) is 0 Å². The second-order valence-electron chi connectivity index (χ2n) is 2.40. The van der Waals surface area contributed by atoms with E-state index >= 15 is 0 Å². The summed E-state index contributed by atoms with van der Waals surface area (Å²) in [4.78, 5) is 20.0. The number of carboxylic acid groups (broad SMARTS) is 2. The third-order valence-corrected chi connectivity index (χ3v) is 2.08. The lowest BCUT2D eigenvalue weighted by Gasteiger charge is -2.04. The Hall–Kier alpha value is -1.88. The predicted octanol–water partition coefficient (Wildman–Crippen LogP) is -2.36. The monoisotopic (exact) mass is 257 g/mol. The van der Waals surface area contributed by atoms with Crippen LogP contribution in [0.2, 0.25) is 0 Å². The van der Waals surface area contributed by atoms with E-state index in [1.54, 1.807) is 0 Å². The van der Waals surface area contributed by atoms with Crippen LogP contribution in [-0.4, -0.2) is 46.3 Å². The lowest BCUT2D eigenvalue weighted by atomic mass is 10.3. The summed E-state index contributed by atoms with van der Waals surface area (Å²) < 4.78 is 28.7. The third-order valence-electron chi connectivity index (χ3n) is 0.995. The summed E-state index contributed by atoms with van der Waals surface area (Å²) in [6.07, 6.45) is -1.16. The highest BCUT2D eigenvalue weighted by molar-refractivity contribution is 7.87. The van der Waals surface area contributed by atoms with E-state index in [1.807, 2.05) is 0 Å². The van der Waals surface area contributed by atoms with Gasteiger partial charge in [-0.2, -0.15) is 8.42 Å². The molecule has 0 fully saturated rings. The van der Waals surface area contributed by atoms with Crippen LogP contribution in [0.3, 0.4) is 0 Å². The van der Waals surface area contributed by atoms with E-state index in [2.05, 4.69) is 11.5 Å². The van der Waals surface area contributed by atoms with Crippen molar-refractivity contribution in [3.05, 3.63) is 0 Å². The van der Waals surface area contributed by atoms with Gasteiger partial charge in [0, 0.05) is 0 Å². The standard InChI is InChI=1S/C4H6O7S.CH5N3/c5-3(6)1-2(4(7)8)12(9,10)11;2-1(3)4/h2H,1H2,(H,5,6)(H,7,8)(H,9,10,11);(H5,2,3,4). The van der Waals surface area contributed by atoms with Gasteiger partial charge in [0.1, 0.15) is 0 Å². The molecule has 0 rings (SSSR count). The van der Waals surface area contributed by atoms with Gasteiger partial charge in [-0.05, 0) is 0 Å². The Bertz CT molecular complexity index is 371. The fraction of sp³-hybridized carbons (Fsp3) is 0.400. The van der Waals surface area contributed by atoms with Gasteiger partial charge in [0.25, 0.3) is 10.1 Å². The summed E-state index contributed by atoms with van der Waals surface area (Å²) in [7, 11) is -4.84. The quantitative estimate of drug-likeness (QED) is 0.180. The average Bonchev–Trinajstić information content (AvgIpc) is 1.95. The van der Waals surface area contributed by atoms with Gasteiger partial charge in [0.05, 0.1) is 6.42 Å². The Morgan fingerprint density at radius 1 is 1.25 bits per heavy atom. The summed E-state index contributed by atoms with van der Waals surface area (Å²) in [5.41, 5.74) is 8.94. The fourth-order valence-electron chi connectivity index (χ4n) is 0.479. The van der Waals surface area contributed by atoms with Crippen molar-refractivity contribution in [1.29, 1.82) is 5.41 Å². The molecule has 1 atom stereocenters. The maximum Gasteiger partial charge on any atom is 0.325 e. The van der Waals surface area contributed by atoms with Crippen LogP contribution in [0.4, 0.5) is 0 Å². The average molecular weight is 257 g/mol. The minimum atomic E-state index is -4.84. The van der Waals surface area contributed by atoms with Crippen LogP contribution in [0.15, 0.2) is 0 Å². The van der Waals surface area contributed by atoms with Gasteiger partial charge in [0.2, 0.25) is 0 Å². The molecule has 0 aliphatic carbocycles. The molecule has 16 heavy (non-hydrogen) atoms. The highest BCUT2D eigenvalue weighted by atomic mass is 32.2. The molecular formula is C5H11N3O7S. The van der Waals surface area contributed by atoms with E-state index < -0.39 is 33.7 Å². The van der Waals surface area contributed by atoms with Crippen LogP contribution in [0.1, 0.15) is 6.42 Å². The second kappa shape index (κ2) is 6.58. The van der Waals surface area contributed by atoms with Crippen molar-refractivity contribution in [2.24, 2.45) is 11.5 Å². The Balaban J connectivity index is 0. The van der Waals surface area contributed by atoms with Gasteiger partial charge in [-0.1, -0.05) is 0 Å². The molecule has 0 radical (unpaired) electrons. The first-order valence-electron chi connectivity index (χ1n) is 3.48. The molecule has 0 saturated heterocycles. The van der Waals surface area contributed by atoms with Crippen molar-refractivity contribution in [1.82, 2.24) is 0 Å². The molecule has 94 valence electrons. The number of aliphatic carboxylic acids is 2. The Morgan fingerprint density at radius 2 is 1.56 bits per heavy atom. The molecule has 10 nitrogen and oxygen atoms in total. The lowest BCUT2D eigenvalue weighted by molar-refractivity contribution is -0.143. The molecule has 0 aliphatic rings. The number of nitrogens with two attached hydrogens (primary N) is 2. The van der Waals surface area contributed by atoms with Crippen LogP contribution >= 0.6 is 0 Å². The minimum Gasteiger partial charge on any atom is -0.481 e. The molecule has 0 saturated carbocycles. The van der Waals surface area contributed by atoms with Gasteiger partial charge in [-0.3, -0.25) is 19.6 Å². The summed E-state index contributed by atoms with van der Waals surface area (Å²) in [5, 5.41) is 20.0. The van der Waals surface area contributed by atoms with E-state index in [4.69, 9.17) is 20.2 Å². The highest BCUT2D eigenvalue weighted by Crippen LogP contribution is 2.04. The highest BCUT2D eigenvalue weighted by Gasteiger charge is 2.33. The predicted molar refractivity (Wildman–Crippen MR) is 51.3 cm³/mol. The molecule has 11 heteroatoms. The van der Waals surface area contributed by atoms with E-state index in [9.17, 15) is 18.0 Å². The Morgan fingerprint density at radius 3 is 1.62 bits per heavy atom. The Labute approximate surface area is 90.1 Å². The number of hydrogen-bond acceptors (Lipinski definition) is 5. The summed E-state index contributed by atoms with van der Waals surface area (Å²) in [6.45, 7) is 0. The number of guanidine groups is 1. The SMILES string of the molecule is N=C(N)N.O=C(O)CC(C(=O)O)S(=O)(=O)O. The first-order valence-corrected chi connectivity index (χ1v) is 4.99. The largest absolute Gasteiger partial charge is 0.481 e. The molecule has 0 spiro atoms. The van der Waals surface area contributed by atoms with Crippen molar-refractivity contribution in [2.75, 3.05) is 0 Å². The number of carboxylic acids is 2. The van der Waals surface area contributed by atoms with Crippen LogP contribution in [0, 0.1) is 5.41 Å². The lowest BCUT2D eigenvalue weighted by Crippen LogP contribution is -2.31. The maximum atomic E-state index is 10.2. The van der Waals surface area contributed by atoms with E-state index in [-0.39, 0.29) is 5.96 Å². The van der Waals surface area contributed by atoms with Crippen LogP contribution in [0.5, 0.6) is 0 Å². The zero-order valence-corrected chi connectivity index (χ0v) is 8.64. The van der Waals surface area contributed by atoms with Crippen molar-refractivity contribution in [3.8, 4) is 0 Å². The number of rotatable bonds is 4. The maximum absolute atomic E-state index is 10.2. The van der Waals surface area contributed by atoms with Crippen LogP contribution in [0.25, 0.3) is 0 Å². The zero-order chi connectivity index (χ0) is 13.5. The van der Waals surface area contributed by atoms with Gasteiger partial charge in [0.15, 0.2) is 11.2 Å². The minimum absolute atomic E-state index is 0.333. The van der Waals surface area contributed by atoms with Crippen molar-refractivity contribution < 1.29 is 32.8 Å². The molecule has 0 aromatic carbocycles. The zero-order valence-electron chi connectivity index (χ0n) is 7.82. The summed E-state index contributed by atoms with van der Waals surface area (Å²) >= 11 is 0. The summed E-state index contributed by atoms with van der Waals surface area (Å²) in [5.74, 6) is -3.83. The van der Waals surface area contributed by atoms with Gasteiger partial charge >= 0.3 is 11.9 Å².